The van der Waals surface area contributed by atoms with Crippen LogP contribution in [-0.2, 0) is 4.74 Å². The standard InChI is InChI=1S/C10H16N4O4/c1-2-18-5-3-4-11-9(16)13-7-6-12-10(17)14-8(7)15/h6H,2-5H2,1H3,(H2,11,13,16)(H2,12,14,15,17). The monoisotopic (exact) mass is 256 g/mol. The summed E-state index contributed by atoms with van der Waals surface area (Å²) < 4.78 is 5.10. The summed E-state index contributed by atoms with van der Waals surface area (Å²) in [6, 6.07) is -0.510. The summed E-state index contributed by atoms with van der Waals surface area (Å²) in [6.45, 7) is 3.53. The highest BCUT2D eigenvalue weighted by atomic mass is 16.5. The second kappa shape index (κ2) is 7.28. The zero-order valence-corrected chi connectivity index (χ0v) is 10.0. The van der Waals surface area contributed by atoms with Gasteiger partial charge in [0.2, 0.25) is 0 Å². The number of H-pyrrole nitrogens is 2. The Hall–Kier alpha value is -2.09. The number of amides is 2. The van der Waals surface area contributed by atoms with Gasteiger partial charge in [0.15, 0.2) is 0 Å². The molecule has 8 nitrogen and oxygen atoms in total. The van der Waals surface area contributed by atoms with Gasteiger partial charge in [0.1, 0.15) is 5.69 Å². The van der Waals surface area contributed by atoms with Crippen LogP contribution in [0.4, 0.5) is 10.5 Å². The van der Waals surface area contributed by atoms with Crippen molar-refractivity contribution in [3.63, 3.8) is 0 Å². The highest BCUT2D eigenvalue weighted by Crippen LogP contribution is 1.91. The van der Waals surface area contributed by atoms with Crippen LogP contribution in [0.5, 0.6) is 0 Å². The second-order valence-corrected chi connectivity index (χ2v) is 3.42. The maximum atomic E-state index is 11.4. The van der Waals surface area contributed by atoms with Crippen molar-refractivity contribution in [2.45, 2.75) is 13.3 Å². The van der Waals surface area contributed by atoms with Gasteiger partial charge in [-0.15, -0.1) is 0 Å². The average molecular weight is 256 g/mol. The quantitative estimate of drug-likeness (QED) is 0.519. The lowest BCUT2D eigenvalue weighted by atomic mass is 10.4. The Morgan fingerprint density at radius 2 is 2.22 bits per heavy atom. The predicted molar refractivity (Wildman–Crippen MR) is 65.8 cm³/mol. The Morgan fingerprint density at radius 3 is 2.89 bits per heavy atom. The molecule has 0 unspecified atom stereocenters. The number of rotatable bonds is 6. The third kappa shape index (κ3) is 4.83. The third-order valence-corrected chi connectivity index (χ3v) is 2.02. The van der Waals surface area contributed by atoms with E-state index in [9.17, 15) is 14.4 Å². The summed E-state index contributed by atoms with van der Waals surface area (Å²) >= 11 is 0. The van der Waals surface area contributed by atoms with Gasteiger partial charge in [-0.05, 0) is 13.3 Å². The number of aromatic nitrogens is 2. The largest absolute Gasteiger partial charge is 0.382 e. The van der Waals surface area contributed by atoms with Crippen LogP contribution in [0.3, 0.4) is 0 Å². The molecule has 4 N–H and O–H groups in total. The molecule has 0 atom stereocenters. The fourth-order valence-corrected chi connectivity index (χ4v) is 1.19. The van der Waals surface area contributed by atoms with E-state index < -0.39 is 17.3 Å². The first-order valence-corrected chi connectivity index (χ1v) is 5.58. The normalized spacial score (nSPS) is 10.1. The molecule has 1 rings (SSSR count). The van der Waals surface area contributed by atoms with E-state index in [1.807, 2.05) is 11.9 Å². The molecule has 100 valence electrons. The summed E-state index contributed by atoms with van der Waals surface area (Å²) in [6.07, 6.45) is 1.82. The Bertz CT molecular complexity index is 493. The van der Waals surface area contributed by atoms with Crippen LogP contribution in [0.25, 0.3) is 0 Å². The van der Waals surface area contributed by atoms with Crippen molar-refractivity contribution in [3.05, 3.63) is 27.0 Å². The fourth-order valence-electron chi connectivity index (χ4n) is 1.19. The van der Waals surface area contributed by atoms with Crippen LogP contribution < -0.4 is 21.9 Å². The minimum absolute atomic E-state index is 0.0168. The van der Waals surface area contributed by atoms with Crippen molar-refractivity contribution in [2.24, 2.45) is 0 Å². The average Bonchev–Trinajstić information content (AvgIpc) is 2.32. The van der Waals surface area contributed by atoms with Gasteiger partial charge in [-0.2, -0.15) is 0 Å². The first-order chi connectivity index (χ1) is 8.63. The molecule has 0 spiro atoms. The number of anilines is 1. The highest BCUT2D eigenvalue weighted by molar-refractivity contribution is 5.88. The van der Waals surface area contributed by atoms with Crippen molar-refractivity contribution in [2.75, 3.05) is 25.1 Å². The molecular weight excluding hydrogens is 240 g/mol. The fraction of sp³-hybridized carbons (Fsp3) is 0.500. The molecule has 18 heavy (non-hydrogen) atoms. The summed E-state index contributed by atoms with van der Waals surface area (Å²) in [7, 11) is 0. The molecule has 0 bridgehead atoms. The summed E-state index contributed by atoms with van der Waals surface area (Å²) in [5.41, 5.74) is -1.29. The van der Waals surface area contributed by atoms with E-state index in [1.54, 1.807) is 0 Å². The molecule has 0 fully saturated rings. The van der Waals surface area contributed by atoms with E-state index in [0.717, 1.165) is 6.20 Å². The first kappa shape index (κ1) is 14.0. The summed E-state index contributed by atoms with van der Waals surface area (Å²) in [5, 5.41) is 4.88. The minimum Gasteiger partial charge on any atom is -0.382 e. The zero-order chi connectivity index (χ0) is 13.4. The molecule has 1 heterocycles. The summed E-state index contributed by atoms with van der Waals surface area (Å²) in [4.78, 5) is 37.6. The number of ether oxygens (including phenoxy) is 1. The van der Waals surface area contributed by atoms with Crippen molar-refractivity contribution in [1.82, 2.24) is 15.3 Å². The molecule has 1 aromatic rings. The van der Waals surface area contributed by atoms with Gasteiger partial charge in [-0.3, -0.25) is 9.78 Å². The van der Waals surface area contributed by atoms with Crippen LogP contribution in [0.1, 0.15) is 13.3 Å². The molecule has 2 amide bonds. The number of aromatic amines is 2. The molecule has 0 aliphatic rings. The number of hydrogen-bond acceptors (Lipinski definition) is 4. The molecule has 0 aliphatic carbocycles. The SMILES string of the molecule is CCOCCCNC(=O)Nc1c[nH]c(=O)[nH]c1=O. The molecule has 1 aromatic heterocycles. The molecule has 8 heteroatoms. The lowest BCUT2D eigenvalue weighted by Gasteiger charge is -2.06. The van der Waals surface area contributed by atoms with Gasteiger partial charge in [0.05, 0.1) is 0 Å². The number of urea groups is 1. The first-order valence-electron chi connectivity index (χ1n) is 5.58. The zero-order valence-electron chi connectivity index (χ0n) is 10.0. The van der Waals surface area contributed by atoms with Gasteiger partial charge in [-0.25, -0.2) is 9.59 Å². The number of hydrogen-bond donors (Lipinski definition) is 4. The lowest BCUT2D eigenvalue weighted by molar-refractivity contribution is 0.145. The molecule has 0 aliphatic heterocycles. The van der Waals surface area contributed by atoms with E-state index in [2.05, 4.69) is 15.6 Å². The van der Waals surface area contributed by atoms with E-state index in [-0.39, 0.29) is 5.69 Å². The van der Waals surface area contributed by atoms with Crippen LogP contribution >= 0.6 is 0 Å². The van der Waals surface area contributed by atoms with Gasteiger partial charge in [-0.1, -0.05) is 0 Å². The van der Waals surface area contributed by atoms with E-state index in [4.69, 9.17) is 4.74 Å². The van der Waals surface area contributed by atoms with E-state index in [1.165, 1.54) is 0 Å². The molecular formula is C10H16N4O4. The molecule has 0 aromatic carbocycles. The van der Waals surface area contributed by atoms with Crippen LogP contribution in [0, 0.1) is 0 Å². The predicted octanol–water partition coefficient (Wildman–Crippen LogP) is -0.389. The van der Waals surface area contributed by atoms with Gasteiger partial charge < -0.3 is 20.4 Å². The molecule has 0 saturated heterocycles. The van der Waals surface area contributed by atoms with Crippen molar-refractivity contribution >= 4 is 11.7 Å². The van der Waals surface area contributed by atoms with E-state index in [0.29, 0.717) is 26.2 Å². The lowest BCUT2D eigenvalue weighted by Crippen LogP contribution is -2.33. The highest BCUT2D eigenvalue weighted by Gasteiger charge is 2.04. The van der Waals surface area contributed by atoms with Crippen LogP contribution in [0.2, 0.25) is 0 Å². The topological polar surface area (TPSA) is 116 Å². The number of nitrogens with one attached hydrogen (secondary N) is 4. The van der Waals surface area contributed by atoms with E-state index >= 15 is 0 Å². The van der Waals surface area contributed by atoms with Crippen molar-refractivity contribution < 1.29 is 9.53 Å². The van der Waals surface area contributed by atoms with Gasteiger partial charge in [0.25, 0.3) is 5.56 Å². The smallest absolute Gasteiger partial charge is 0.325 e. The number of carbonyl (C=O) groups excluding carboxylic acids is 1. The Balaban J connectivity index is 2.36. The van der Waals surface area contributed by atoms with Crippen molar-refractivity contribution in [3.8, 4) is 0 Å². The van der Waals surface area contributed by atoms with Crippen LogP contribution in [0.15, 0.2) is 15.8 Å². The summed E-state index contributed by atoms with van der Waals surface area (Å²) in [5.74, 6) is 0. The Kier molecular flexibility index (Phi) is 5.65. The third-order valence-electron chi connectivity index (χ3n) is 2.02. The van der Waals surface area contributed by atoms with Gasteiger partial charge in [0, 0.05) is 26.0 Å². The van der Waals surface area contributed by atoms with Crippen molar-refractivity contribution in [1.29, 1.82) is 0 Å². The molecule has 0 saturated carbocycles. The molecule has 0 radical (unpaired) electrons. The minimum atomic E-state index is -0.650. The maximum absolute atomic E-state index is 11.4. The van der Waals surface area contributed by atoms with Crippen LogP contribution in [-0.4, -0.2) is 35.8 Å². The maximum Gasteiger partial charge on any atom is 0.325 e. The Labute approximate surface area is 103 Å². The second-order valence-electron chi connectivity index (χ2n) is 3.42. The number of carbonyl (C=O) groups is 1. The van der Waals surface area contributed by atoms with Gasteiger partial charge >= 0.3 is 11.7 Å². The Morgan fingerprint density at radius 1 is 1.44 bits per heavy atom.